The molecule has 0 aromatic carbocycles. The predicted octanol–water partition coefficient (Wildman–Crippen LogP) is 2.48. The number of piperidine rings is 1. The molecule has 3 rings (SSSR count). The van der Waals surface area contributed by atoms with Gasteiger partial charge in [0, 0.05) is 26.2 Å². The summed E-state index contributed by atoms with van der Waals surface area (Å²) >= 11 is 0. The molecule has 3 heterocycles. The molecule has 2 aliphatic heterocycles. The molecule has 1 fully saturated rings. The minimum atomic E-state index is -0.0375. The van der Waals surface area contributed by atoms with Gasteiger partial charge in [-0.05, 0) is 49.9 Å². The Balaban J connectivity index is 1.63. The number of amides is 1. The number of aromatic nitrogens is 2. The van der Waals surface area contributed by atoms with Crippen LogP contribution in [0.1, 0.15) is 50.5 Å². The molecule has 6 nitrogen and oxygen atoms in total. The van der Waals surface area contributed by atoms with Crippen LogP contribution in [0.25, 0.3) is 0 Å². The molecule has 0 unspecified atom stereocenters. The first-order valence-corrected chi connectivity index (χ1v) is 9.62. The third-order valence-electron chi connectivity index (χ3n) is 5.54. The second-order valence-electron chi connectivity index (χ2n) is 8.35. The molecule has 1 aromatic heterocycles. The zero-order chi connectivity index (χ0) is 18.7. The lowest BCUT2D eigenvalue weighted by molar-refractivity contribution is 0.0696. The number of carbonyl (C=O) groups excluding carboxylic acids is 1. The lowest BCUT2D eigenvalue weighted by Crippen LogP contribution is -2.44. The van der Waals surface area contributed by atoms with Crippen LogP contribution < -0.4 is 10.2 Å². The van der Waals surface area contributed by atoms with Gasteiger partial charge in [-0.2, -0.15) is 0 Å². The summed E-state index contributed by atoms with van der Waals surface area (Å²) < 4.78 is 0. The molecule has 26 heavy (non-hydrogen) atoms. The summed E-state index contributed by atoms with van der Waals surface area (Å²) in [5.41, 5.74) is 2.16. The maximum atomic E-state index is 12.7. The molecule has 1 N–H and O–H groups in total. The van der Waals surface area contributed by atoms with Crippen molar-refractivity contribution < 1.29 is 4.79 Å². The van der Waals surface area contributed by atoms with Crippen molar-refractivity contribution in [3.8, 4) is 0 Å². The van der Waals surface area contributed by atoms with Crippen molar-refractivity contribution in [3.63, 3.8) is 0 Å². The molecule has 0 atom stereocenters. The van der Waals surface area contributed by atoms with E-state index in [1.807, 2.05) is 24.1 Å². The van der Waals surface area contributed by atoms with Crippen LogP contribution in [0.3, 0.4) is 0 Å². The molecular formula is C20H31N5O. The van der Waals surface area contributed by atoms with Gasteiger partial charge in [0.2, 0.25) is 0 Å². The van der Waals surface area contributed by atoms with E-state index in [1.54, 1.807) is 0 Å². The molecule has 6 heteroatoms. The molecule has 0 radical (unpaired) electrons. The molecule has 0 bridgehead atoms. The van der Waals surface area contributed by atoms with Crippen molar-refractivity contribution >= 4 is 11.7 Å². The first kappa shape index (κ1) is 18.8. The SMILES string of the molecule is CN(C(=O)c1ccc(N2CC=C(C(C)(C)C)CC2)nn1)C1CCNCC1. The van der Waals surface area contributed by atoms with E-state index in [2.05, 4.69) is 47.3 Å². The topological polar surface area (TPSA) is 61.4 Å². The average Bonchev–Trinajstić information content (AvgIpc) is 2.67. The van der Waals surface area contributed by atoms with Crippen molar-refractivity contribution in [3.05, 3.63) is 29.5 Å². The number of hydrogen-bond acceptors (Lipinski definition) is 5. The standard InChI is InChI=1S/C20H31N5O/c1-20(2,3)15-9-13-25(14-10-15)18-6-5-17(22-23-18)19(26)24(4)16-7-11-21-12-8-16/h5-6,9,16,21H,7-8,10-14H2,1-4H3. The van der Waals surface area contributed by atoms with Crippen LogP contribution in [0.2, 0.25) is 0 Å². The molecular weight excluding hydrogens is 326 g/mol. The first-order valence-electron chi connectivity index (χ1n) is 9.62. The smallest absolute Gasteiger partial charge is 0.274 e. The highest BCUT2D eigenvalue weighted by Crippen LogP contribution is 2.31. The van der Waals surface area contributed by atoms with Crippen LogP contribution in [0.15, 0.2) is 23.8 Å². The molecule has 0 aliphatic carbocycles. The predicted molar refractivity (Wildman–Crippen MR) is 104 cm³/mol. The Kier molecular flexibility index (Phi) is 5.61. The van der Waals surface area contributed by atoms with E-state index in [0.717, 1.165) is 51.3 Å². The normalized spacial score (nSPS) is 19.2. The number of hydrogen-bond donors (Lipinski definition) is 1. The highest BCUT2D eigenvalue weighted by Gasteiger charge is 2.25. The van der Waals surface area contributed by atoms with Crippen molar-refractivity contribution in [2.75, 3.05) is 38.1 Å². The quantitative estimate of drug-likeness (QED) is 0.842. The van der Waals surface area contributed by atoms with Crippen molar-refractivity contribution in [2.45, 2.75) is 46.1 Å². The largest absolute Gasteiger partial charge is 0.351 e. The monoisotopic (exact) mass is 357 g/mol. The fourth-order valence-electron chi connectivity index (χ4n) is 3.71. The maximum Gasteiger partial charge on any atom is 0.274 e. The van der Waals surface area contributed by atoms with Crippen LogP contribution in [0.5, 0.6) is 0 Å². The fourth-order valence-corrected chi connectivity index (χ4v) is 3.71. The van der Waals surface area contributed by atoms with Crippen LogP contribution in [0.4, 0.5) is 5.82 Å². The van der Waals surface area contributed by atoms with Gasteiger partial charge in [-0.3, -0.25) is 4.79 Å². The summed E-state index contributed by atoms with van der Waals surface area (Å²) in [6, 6.07) is 4.02. The van der Waals surface area contributed by atoms with Gasteiger partial charge in [-0.15, -0.1) is 10.2 Å². The minimum Gasteiger partial charge on any atom is -0.351 e. The van der Waals surface area contributed by atoms with Crippen molar-refractivity contribution in [1.29, 1.82) is 0 Å². The molecule has 2 aliphatic rings. The van der Waals surface area contributed by atoms with Gasteiger partial charge in [-0.25, -0.2) is 0 Å². The summed E-state index contributed by atoms with van der Waals surface area (Å²) in [6.45, 7) is 10.5. The number of rotatable bonds is 3. The van der Waals surface area contributed by atoms with Gasteiger partial charge < -0.3 is 15.1 Å². The van der Waals surface area contributed by atoms with Gasteiger partial charge in [-0.1, -0.05) is 32.4 Å². The summed E-state index contributed by atoms with van der Waals surface area (Å²) in [4.78, 5) is 16.7. The first-order chi connectivity index (χ1) is 12.4. The second-order valence-corrected chi connectivity index (χ2v) is 8.35. The third kappa shape index (κ3) is 4.23. The lowest BCUT2D eigenvalue weighted by Gasteiger charge is -2.33. The van der Waals surface area contributed by atoms with Gasteiger partial charge >= 0.3 is 0 Å². The lowest BCUT2D eigenvalue weighted by atomic mass is 9.83. The van der Waals surface area contributed by atoms with Crippen molar-refractivity contribution in [2.24, 2.45) is 5.41 Å². The van der Waals surface area contributed by atoms with Crippen LogP contribution >= 0.6 is 0 Å². The van der Waals surface area contributed by atoms with Gasteiger partial charge in [0.15, 0.2) is 11.5 Å². The average molecular weight is 358 g/mol. The van der Waals surface area contributed by atoms with Gasteiger partial charge in [0.1, 0.15) is 0 Å². The molecule has 1 aromatic rings. The zero-order valence-electron chi connectivity index (χ0n) is 16.5. The fraction of sp³-hybridized carbons (Fsp3) is 0.650. The molecule has 1 saturated heterocycles. The summed E-state index contributed by atoms with van der Waals surface area (Å²) in [6.07, 6.45) is 5.33. The van der Waals surface area contributed by atoms with E-state index in [0.29, 0.717) is 5.69 Å². The van der Waals surface area contributed by atoms with Crippen molar-refractivity contribution in [1.82, 2.24) is 20.4 Å². The number of anilines is 1. The Morgan fingerprint density at radius 1 is 1.23 bits per heavy atom. The Hall–Kier alpha value is -1.95. The van der Waals surface area contributed by atoms with Crippen LogP contribution in [0, 0.1) is 5.41 Å². The van der Waals surface area contributed by atoms with Gasteiger partial charge in [0.05, 0.1) is 0 Å². The molecule has 1 amide bonds. The molecule has 0 saturated carbocycles. The number of carbonyl (C=O) groups is 1. The van der Waals surface area contributed by atoms with Gasteiger partial charge in [0.25, 0.3) is 5.91 Å². The van der Waals surface area contributed by atoms with E-state index in [-0.39, 0.29) is 17.4 Å². The zero-order valence-corrected chi connectivity index (χ0v) is 16.5. The Bertz CT molecular complexity index is 656. The van der Waals surface area contributed by atoms with E-state index >= 15 is 0 Å². The highest BCUT2D eigenvalue weighted by molar-refractivity contribution is 5.92. The molecule has 142 valence electrons. The van der Waals surface area contributed by atoms with Crippen LogP contribution in [-0.2, 0) is 0 Å². The van der Waals surface area contributed by atoms with E-state index in [4.69, 9.17) is 0 Å². The van der Waals surface area contributed by atoms with Crippen LogP contribution in [-0.4, -0.2) is 60.3 Å². The van der Waals surface area contributed by atoms with E-state index in [1.165, 1.54) is 5.57 Å². The minimum absolute atomic E-state index is 0.0375. The van der Waals surface area contributed by atoms with E-state index in [9.17, 15) is 4.79 Å². The Morgan fingerprint density at radius 2 is 1.96 bits per heavy atom. The summed E-state index contributed by atoms with van der Waals surface area (Å²) in [5, 5.41) is 11.9. The third-order valence-corrected chi connectivity index (χ3v) is 5.54. The highest BCUT2D eigenvalue weighted by atomic mass is 16.2. The van der Waals surface area contributed by atoms with E-state index < -0.39 is 0 Å². The molecule has 0 spiro atoms. The number of nitrogens with one attached hydrogen (secondary N) is 1. The summed E-state index contributed by atoms with van der Waals surface area (Å²) in [7, 11) is 1.87. The second kappa shape index (κ2) is 7.74. The summed E-state index contributed by atoms with van der Waals surface area (Å²) in [5.74, 6) is 0.805. The maximum absolute atomic E-state index is 12.7. The number of nitrogens with zero attached hydrogens (tertiary/aromatic N) is 4. The Labute approximate surface area is 156 Å². The Morgan fingerprint density at radius 3 is 2.50 bits per heavy atom.